The highest BCUT2D eigenvalue weighted by Crippen LogP contribution is 2.15. The Morgan fingerprint density at radius 1 is 1.09 bits per heavy atom. The number of hydrogen-bond acceptors (Lipinski definition) is 3. The first-order valence-electron chi connectivity index (χ1n) is 7.94. The van der Waals surface area contributed by atoms with Gasteiger partial charge in [0, 0.05) is 23.8 Å². The van der Waals surface area contributed by atoms with E-state index in [0.29, 0.717) is 24.6 Å². The van der Waals surface area contributed by atoms with Crippen LogP contribution in [0.2, 0.25) is 0 Å². The molecule has 0 heterocycles. The van der Waals surface area contributed by atoms with Crippen LogP contribution in [0.4, 0.5) is 5.69 Å². The van der Waals surface area contributed by atoms with Gasteiger partial charge in [0.05, 0.1) is 6.10 Å². The summed E-state index contributed by atoms with van der Waals surface area (Å²) in [6, 6.07) is 17.2. The molecule has 0 fully saturated rings. The third kappa shape index (κ3) is 5.42. The molecule has 0 bridgehead atoms. The van der Waals surface area contributed by atoms with Crippen molar-refractivity contribution in [1.82, 2.24) is 5.32 Å². The van der Waals surface area contributed by atoms with Gasteiger partial charge in [-0.3, -0.25) is 4.79 Å². The van der Waals surface area contributed by atoms with Crippen LogP contribution in [0, 0.1) is 0 Å². The summed E-state index contributed by atoms with van der Waals surface area (Å²) in [7, 11) is 0. The smallest absolute Gasteiger partial charge is 0.251 e. The number of rotatable bonds is 7. The number of anilines is 1. The first kappa shape index (κ1) is 17.0. The lowest BCUT2D eigenvalue weighted by Gasteiger charge is -2.13. The highest BCUT2D eigenvalue weighted by molar-refractivity contribution is 5.95. The summed E-state index contributed by atoms with van der Waals surface area (Å²) in [4.78, 5) is 12.2. The minimum absolute atomic E-state index is 0.127. The Morgan fingerprint density at radius 3 is 2.52 bits per heavy atom. The fourth-order valence-electron chi connectivity index (χ4n) is 2.35. The van der Waals surface area contributed by atoms with Crippen LogP contribution >= 0.6 is 0 Å². The van der Waals surface area contributed by atoms with Crippen LogP contribution in [0.15, 0.2) is 54.6 Å². The van der Waals surface area contributed by atoms with Crippen molar-refractivity contribution in [2.75, 3.05) is 11.9 Å². The summed E-state index contributed by atoms with van der Waals surface area (Å²) in [5.41, 5.74) is 2.41. The van der Waals surface area contributed by atoms with E-state index in [1.165, 1.54) is 0 Å². The molecule has 2 aromatic carbocycles. The normalized spacial score (nSPS) is 12.0. The van der Waals surface area contributed by atoms with Gasteiger partial charge >= 0.3 is 0 Å². The monoisotopic (exact) mass is 312 g/mol. The van der Waals surface area contributed by atoms with Crippen molar-refractivity contribution in [2.24, 2.45) is 0 Å². The molecule has 0 unspecified atom stereocenters. The van der Waals surface area contributed by atoms with Gasteiger partial charge in [-0.15, -0.1) is 0 Å². The van der Waals surface area contributed by atoms with Gasteiger partial charge in [-0.1, -0.05) is 36.4 Å². The summed E-state index contributed by atoms with van der Waals surface area (Å²) in [6.07, 6.45) is -0.0786. The second-order valence-electron chi connectivity index (χ2n) is 5.85. The lowest BCUT2D eigenvalue weighted by Crippen LogP contribution is -2.25. The van der Waals surface area contributed by atoms with E-state index in [-0.39, 0.29) is 5.91 Å². The summed E-state index contributed by atoms with van der Waals surface area (Å²) >= 11 is 0. The van der Waals surface area contributed by atoms with Crippen molar-refractivity contribution >= 4 is 11.6 Å². The largest absolute Gasteiger partial charge is 0.388 e. The van der Waals surface area contributed by atoms with Crippen molar-refractivity contribution in [3.63, 3.8) is 0 Å². The van der Waals surface area contributed by atoms with Gasteiger partial charge in [-0.2, -0.15) is 0 Å². The number of aliphatic hydroxyl groups is 1. The molecule has 4 heteroatoms. The van der Waals surface area contributed by atoms with Crippen LogP contribution in [0.1, 0.15) is 42.3 Å². The van der Waals surface area contributed by atoms with E-state index >= 15 is 0 Å². The fourth-order valence-corrected chi connectivity index (χ4v) is 2.35. The van der Waals surface area contributed by atoms with E-state index in [1.807, 2.05) is 48.5 Å². The minimum Gasteiger partial charge on any atom is -0.388 e. The molecule has 3 N–H and O–H groups in total. The number of carbonyl (C=O) groups excluding carboxylic acids is 1. The van der Waals surface area contributed by atoms with E-state index < -0.39 is 6.10 Å². The fraction of sp³-hybridized carbons (Fsp3) is 0.316. The second-order valence-corrected chi connectivity index (χ2v) is 5.85. The van der Waals surface area contributed by atoms with Gasteiger partial charge in [0.25, 0.3) is 5.91 Å². The highest BCUT2D eigenvalue weighted by atomic mass is 16.3. The van der Waals surface area contributed by atoms with Crippen LogP contribution in [-0.4, -0.2) is 23.6 Å². The van der Waals surface area contributed by atoms with Gasteiger partial charge in [0.15, 0.2) is 0 Å². The molecule has 0 saturated carbocycles. The van der Waals surface area contributed by atoms with Crippen LogP contribution in [-0.2, 0) is 0 Å². The van der Waals surface area contributed by atoms with E-state index in [0.717, 1.165) is 11.3 Å². The number of hydrogen-bond donors (Lipinski definition) is 3. The molecule has 1 atom stereocenters. The van der Waals surface area contributed by atoms with Gasteiger partial charge in [-0.05, 0) is 44.0 Å². The topological polar surface area (TPSA) is 61.4 Å². The average Bonchev–Trinajstić information content (AvgIpc) is 2.55. The Hall–Kier alpha value is -2.33. The van der Waals surface area contributed by atoms with Crippen molar-refractivity contribution in [3.05, 3.63) is 65.7 Å². The molecule has 0 aliphatic rings. The van der Waals surface area contributed by atoms with Crippen LogP contribution in [0.5, 0.6) is 0 Å². The molecule has 23 heavy (non-hydrogen) atoms. The number of carbonyl (C=O) groups is 1. The molecule has 0 spiro atoms. The van der Waals surface area contributed by atoms with Crippen molar-refractivity contribution in [2.45, 2.75) is 32.4 Å². The van der Waals surface area contributed by atoms with E-state index in [1.54, 1.807) is 6.07 Å². The zero-order valence-corrected chi connectivity index (χ0v) is 13.6. The molecule has 2 aromatic rings. The van der Waals surface area contributed by atoms with Gasteiger partial charge in [-0.25, -0.2) is 0 Å². The molecule has 4 nitrogen and oxygen atoms in total. The molecule has 0 aromatic heterocycles. The average molecular weight is 312 g/mol. The lowest BCUT2D eigenvalue weighted by atomic mass is 10.1. The van der Waals surface area contributed by atoms with Gasteiger partial charge < -0.3 is 15.7 Å². The predicted octanol–water partition coefficient (Wildman–Crippen LogP) is 3.36. The van der Waals surface area contributed by atoms with Crippen molar-refractivity contribution in [3.8, 4) is 0 Å². The van der Waals surface area contributed by atoms with E-state index in [4.69, 9.17) is 0 Å². The molecule has 0 radical (unpaired) electrons. The molecule has 2 rings (SSSR count). The first-order chi connectivity index (χ1) is 11.1. The third-order valence-corrected chi connectivity index (χ3v) is 3.47. The Labute approximate surface area is 137 Å². The SMILES string of the molecule is CC(C)Nc1cccc(C(=O)NCC[C@H](O)c2ccccc2)c1. The van der Waals surface area contributed by atoms with Crippen molar-refractivity contribution in [1.29, 1.82) is 0 Å². The molecular formula is C19H24N2O2. The summed E-state index contributed by atoms with van der Waals surface area (Å²) in [5, 5.41) is 16.2. The molecule has 0 aliphatic heterocycles. The summed E-state index contributed by atoms with van der Waals surface area (Å²) < 4.78 is 0. The molecule has 0 aliphatic carbocycles. The molecule has 122 valence electrons. The first-order valence-corrected chi connectivity index (χ1v) is 7.94. The highest BCUT2D eigenvalue weighted by Gasteiger charge is 2.09. The van der Waals surface area contributed by atoms with E-state index in [2.05, 4.69) is 24.5 Å². The second kappa shape index (κ2) is 8.34. The summed E-state index contributed by atoms with van der Waals surface area (Å²) in [6.45, 7) is 4.53. The maximum Gasteiger partial charge on any atom is 0.251 e. The molecule has 1 amide bonds. The Kier molecular flexibility index (Phi) is 6.18. The van der Waals surface area contributed by atoms with Crippen LogP contribution in [0.25, 0.3) is 0 Å². The molecular weight excluding hydrogens is 288 g/mol. The van der Waals surface area contributed by atoms with E-state index in [9.17, 15) is 9.90 Å². The third-order valence-electron chi connectivity index (χ3n) is 3.47. The number of nitrogens with one attached hydrogen (secondary N) is 2. The zero-order chi connectivity index (χ0) is 16.7. The molecule has 0 saturated heterocycles. The Balaban J connectivity index is 1.85. The van der Waals surface area contributed by atoms with Crippen molar-refractivity contribution < 1.29 is 9.90 Å². The standard InChI is InChI=1S/C19H24N2O2/c1-14(2)21-17-10-6-9-16(13-17)19(23)20-12-11-18(22)15-7-4-3-5-8-15/h3-10,13-14,18,21-22H,11-12H2,1-2H3,(H,20,23)/t18-/m0/s1. The number of aliphatic hydroxyl groups excluding tert-OH is 1. The van der Waals surface area contributed by atoms with Crippen LogP contribution in [0.3, 0.4) is 0 Å². The van der Waals surface area contributed by atoms with Gasteiger partial charge in [0.2, 0.25) is 0 Å². The number of benzene rings is 2. The maximum atomic E-state index is 12.2. The Bertz CT molecular complexity index is 626. The summed E-state index contributed by atoms with van der Waals surface area (Å²) in [5.74, 6) is -0.127. The number of amides is 1. The Morgan fingerprint density at radius 2 is 1.83 bits per heavy atom. The minimum atomic E-state index is -0.564. The lowest BCUT2D eigenvalue weighted by molar-refractivity contribution is 0.0942. The zero-order valence-electron chi connectivity index (χ0n) is 13.6. The maximum absolute atomic E-state index is 12.2. The predicted molar refractivity (Wildman–Crippen MR) is 93.6 cm³/mol. The van der Waals surface area contributed by atoms with Gasteiger partial charge in [0.1, 0.15) is 0 Å². The quantitative estimate of drug-likeness (QED) is 0.734. The van der Waals surface area contributed by atoms with Crippen LogP contribution < -0.4 is 10.6 Å².